The largest absolute Gasteiger partial charge is 0.505 e. The zero-order valence-corrected chi connectivity index (χ0v) is 13.0. The number of rotatable bonds is 3. The number of carbonyl (C=O) groups is 1. The first-order valence-corrected chi connectivity index (χ1v) is 6.98. The van der Waals surface area contributed by atoms with Crippen LogP contribution < -0.4 is 4.74 Å². The van der Waals surface area contributed by atoms with Crippen molar-refractivity contribution in [1.82, 2.24) is 0 Å². The molecule has 134 valence electrons. The number of carboxylic acids is 1. The number of carboxylic acid groups (broad SMARTS) is 1. The van der Waals surface area contributed by atoms with Crippen LogP contribution in [0.2, 0.25) is 0 Å². The van der Waals surface area contributed by atoms with E-state index in [4.69, 9.17) is 9.47 Å². The summed E-state index contributed by atoms with van der Waals surface area (Å²) in [6, 6.07) is 2.07. The molecule has 0 aromatic heterocycles. The van der Waals surface area contributed by atoms with E-state index in [-0.39, 0.29) is 5.56 Å². The minimum absolute atomic E-state index is 0.110. The van der Waals surface area contributed by atoms with Crippen LogP contribution in [0.3, 0.4) is 0 Å². The number of benzene rings is 1. The Kier molecular flexibility index (Phi) is 4.43. The lowest BCUT2D eigenvalue weighted by atomic mass is 9.77. The average Bonchev–Trinajstić information content (AvgIpc) is 2.75. The summed E-state index contributed by atoms with van der Waals surface area (Å²) in [5, 5.41) is 18.7. The van der Waals surface area contributed by atoms with Crippen LogP contribution in [0, 0.1) is 11.7 Å². The summed E-state index contributed by atoms with van der Waals surface area (Å²) >= 11 is 0. The van der Waals surface area contributed by atoms with Crippen LogP contribution in [0.4, 0.5) is 17.6 Å². The quantitative estimate of drug-likeness (QED) is 0.818. The molecule has 0 saturated carbocycles. The summed E-state index contributed by atoms with van der Waals surface area (Å²) in [6.07, 6.45) is -6.66. The van der Waals surface area contributed by atoms with E-state index in [9.17, 15) is 32.6 Å². The third-order valence-corrected chi connectivity index (χ3v) is 4.58. The maximum Gasteiger partial charge on any atom is 0.417 e. The fraction of sp³-hybridized carbons (Fsp3) is 0.533. The molecule has 0 radical (unpaired) electrons. The van der Waals surface area contributed by atoms with Gasteiger partial charge in [0.15, 0.2) is 23.2 Å². The molecule has 0 aliphatic carbocycles. The van der Waals surface area contributed by atoms with Crippen LogP contribution in [0.15, 0.2) is 12.1 Å². The molecule has 1 fully saturated rings. The van der Waals surface area contributed by atoms with Crippen LogP contribution in [0.25, 0.3) is 0 Å². The maximum absolute atomic E-state index is 14.0. The molecule has 0 amide bonds. The van der Waals surface area contributed by atoms with Crippen molar-refractivity contribution >= 4 is 5.97 Å². The third kappa shape index (κ3) is 2.56. The predicted molar refractivity (Wildman–Crippen MR) is 73.5 cm³/mol. The summed E-state index contributed by atoms with van der Waals surface area (Å²) in [6.45, 7) is 1.95. The van der Waals surface area contributed by atoms with Crippen LogP contribution in [-0.2, 0) is 9.53 Å². The molecule has 0 bridgehead atoms. The molecular weight excluding hydrogens is 336 g/mol. The number of phenols is 1. The topological polar surface area (TPSA) is 76.0 Å². The van der Waals surface area contributed by atoms with Gasteiger partial charge in [0.25, 0.3) is 0 Å². The molecular formula is C15H16F4O5. The van der Waals surface area contributed by atoms with Crippen molar-refractivity contribution in [3.8, 4) is 11.5 Å². The van der Waals surface area contributed by atoms with E-state index >= 15 is 0 Å². The first kappa shape index (κ1) is 18.3. The van der Waals surface area contributed by atoms with Gasteiger partial charge in [-0.2, -0.15) is 17.6 Å². The monoisotopic (exact) mass is 352 g/mol. The van der Waals surface area contributed by atoms with E-state index in [1.165, 1.54) is 6.92 Å². The second kappa shape index (κ2) is 5.80. The summed E-state index contributed by atoms with van der Waals surface area (Å²) in [7, 11) is 1.07. The number of halogens is 4. The fourth-order valence-electron chi connectivity index (χ4n) is 3.04. The number of hydrogen-bond acceptors (Lipinski definition) is 4. The second-order valence-corrected chi connectivity index (χ2v) is 5.82. The van der Waals surface area contributed by atoms with E-state index in [1.807, 2.05) is 0 Å². The molecule has 5 nitrogen and oxygen atoms in total. The smallest absolute Gasteiger partial charge is 0.417 e. The fourth-order valence-corrected chi connectivity index (χ4v) is 3.04. The van der Waals surface area contributed by atoms with Crippen molar-refractivity contribution in [2.45, 2.75) is 37.6 Å². The third-order valence-electron chi connectivity index (χ3n) is 4.58. The maximum atomic E-state index is 14.0. The van der Waals surface area contributed by atoms with Crippen LogP contribution in [0.1, 0.15) is 25.3 Å². The van der Waals surface area contributed by atoms with E-state index in [1.54, 1.807) is 0 Å². The number of aromatic hydroxyl groups is 1. The molecule has 1 aromatic carbocycles. The molecule has 0 spiro atoms. The molecule has 1 aromatic rings. The predicted octanol–water partition coefficient (Wildman–Crippen LogP) is 3.06. The van der Waals surface area contributed by atoms with E-state index in [0.717, 1.165) is 26.2 Å². The SMILES string of the molecule is COc1c(C2C(C)C(C)(C(F)(F)F)O[C@H]2C(=O)O)ccc(O)c1F. The van der Waals surface area contributed by atoms with Gasteiger partial charge < -0.3 is 19.7 Å². The van der Waals surface area contributed by atoms with Gasteiger partial charge in [0.05, 0.1) is 7.11 Å². The van der Waals surface area contributed by atoms with Crippen molar-refractivity contribution in [3.05, 3.63) is 23.5 Å². The van der Waals surface area contributed by atoms with Gasteiger partial charge in [-0.3, -0.25) is 0 Å². The summed E-state index contributed by atoms with van der Waals surface area (Å²) in [5.74, 6) is -6.70. The Morgan fingerprint density at radius 1 is 1.38 bits per heavy atom. The van der Waals surface area contributed by atoms with Crippen LogP contribution >= 0.6 is 0 Å². The Bertz CT molecular complexity index is 660. The molecule has 1 aliphatic rings. The average molecular weight is 352 g/mol. The van der Waals surface area contributed by atoms with Crippen molar-refractivity contribution in [2.75, 3.05) is 7.11 Å². The minimum Gasteiger partial charge on any atom is -0.505 e. The van der Waals surface area contributed by atoms with Gasteiger partial charge >= 0.3 is 12.1 Å². The zero-order valence-electron chi connectivity index (χ0n) is 13.0. The molecule has 1 saturated heterocycles. The summed E-state index contributed by atoms with van der Waals surface area (Å²) in [4.78, 5) is 11.4. The van der Waals surface area contributed by atoms with E-state index in [0.29, 0.717) is 0 Å². The summed E-state index contributed by atoms with van der Waals surface area (Å²) in [5.41, 5.74) is -2.83. The Balaban J connectivity index is 2.64. The zero-order chi connectivity index (χ0) is 18.4. The van der Waals surface area contributed by atoms with Crippen LogP contribution in [0.5, 0.6) is 11.5 Å². The Labute approximate surface area is 134 Å². The lowest BCUT2D eigenvalue weighted by molar-refractivity contribution is -0.273. The van der Waals surface area contributed by atoms with Gasteiger partial charge in [0.2, 0.25) is 5.82 Å². The second-order valence-electron chi connectivity index (χ2n) is 5.82. The van der Waals surface area contributed by atoms with Gasteiger partial charge in [-0.25, -0.2) is 4.79 Å². The van der Waals surface area contributed by atoms with Crippen LogP contribution in [-0.4, -0.2) is 41.2 Å². The highest BCUT2D eigenvalue weighted by atomic mass is 19.4. The lowest BCUT2D eigenvalue weighted by Crippen LogP contribution is -2.47. The van der Waals surface area contributed by atoms with Gasteiger partial charge in [0.1, 0.15) is 0 Å². The highest BCUT2D eigenvalue weighted by molar-refractivity contribution is 5.75. The molecule has 9 heteroatoms. The number of alkyl halides is 3. The standard InChI is InChI=1S/C15H16F4O5/c1-6-9(7-4-5-8(20)10(16)11(7)23-3)12(13(21)22)24-14(6,2)15(17,18)19/h4-6,9,12,20H,1-3H3,(H,21,22)/t6?,9?,12-,14?/m1/s1. The highest BCUT2D eigenvalue weighted by Crippen LogP contribution is 2.55. The summed E-state index contributed by atoms with van der Waals surface area (Å²) < 4.78 is 63.9. The normalized spacial score (nSPS) is 30.4. The number of phenolic OH excluding ortho intramolecular Hbond substituents is 1. The van der Waals surface area contributed by atoms with Crippen molar-refractivity contribution in [1.29, 1.82) is 0 Å². The Morgan fingerprint density at radius 3 is 2.42 bits per heavy atom. The number of ether oxygens (including phenoxy) is 2. The van der Waals surface area contributed by atoms with Gasteiger partial charge in [-0.1, -0.05) is 13.0 Å². The molecule has 3 unspecified atom stereocenters. The number of hydrogen-bond donors (Lipinski definition) is 2. The first-order chi connectivity index (χ1) is 11.0. The van der Waals surface area contributed by atoms with Crippen molar-refractivity contribution in [2.24, 2.45) is 5.92 Å². The van der Waals surface area contributed by atoms with Crippen molar-refractivity contribution in [3.63, 3.8) is 0 Å². The van der Waals surface area contributed by atoms with Gasteiger partial charge in [-0.05, 0) is 13.0 Å². The van der Waals surface area contributed by atoms with Gasteiger partial charge in [0, 0.05) is 17.4 Å². The molecule has 2 rings (SSSR count). The van der Waals surface area contributed by atoms with E-state index in [2.05, 4.69) is 0 Å². The molecule has 24 heavy (non-hydrogen) atoms. The van der Waals surface area contributed by atoms with E-state index < -0.39 is 53.0 Å². The molecule has 1 heterocycles. The Morgan fingerprint density at radius 2 is 1.96 bits per heavy atom. The highest BCUT2D eigenvalue weighted by Gasteiger charge is 2.66. The molecule has 1 aliphatic heterocycles. The number of aliphatic carboxylic acids is 1. The Hall–Kier alpha value is -2.03. The van der Waals surface area contributed by atoms with Gasteiger partial charge in [-0.15, -0.1) is 0 Å². The first-order valence-electron chi connectivity index (χ1n) is 6.98. The van der Waals surface area contributed by atoms with Crippen molar-refractivity contribution < 1.29 is 42.0 Å². The minimum atomic E-state index is -4.82. The molecule has 4 atom stereocenters. The lowest BCUT2D eigenvalue weighted by Gasteiger charge is -2.31. The number of methoxy groups -OCH3 is 1. The molecule has 2 N–H and O–H groups in total.